The first-order chi connectivity index (χ1) is 22.0. The monoisotopic (exact) mass is 690 g/mol. The number of carboxylic acids is 2. The molecule has 0 heterocycles. The second kappa shape index (κ2) is 24.5. The first-order valence-corrected chi connectivity index (χ1v) is 15.8. The number of esters is 4. The molecule has 0 aromatic heterocycles. The summed E-state index contributed by atoms with van der Waals surface area (Å²) in [4.78, 5) is 67.5. The average molecular weight is 691 g/mol. The van der Waals surface area contributed by atoms with Crippen LogP contribution in [0.1, 0.15) is 95.3 Å². The van der Waals surface area contributed by atoms with Crippen molar-refractivity contribution in [3.63, 3.8) is 0 Å². The molecule has 15 heteroatoms. The predicted molar refractivity (Wildman–Crippen MR) is 174 cm³/mol. The molecule has 268 valence electrons. The maximum atomic E-state index is 11.5. The Morgan fingerprint density at radius 3 is 1.66 bits per heavy atom. The van der Waals surface area contributed by atoms with Crippen molar-refractivity contribution in [3.8, 4) is 0 Å². The maximum absolute atomic E-state index is 11.5. The molecule has 0 aliphatic carbocycles. The summed E-state index contributed by atoms with van der Waals surface area (Å²) in [6.07, 6.45) is 2.99. The van der Waals surface area contributed by atoms with Crippen LogP contribution in [0.3, 0.4) is 0 Å². The van der Waals surface area contributed by atoms with E-state index in [0.717, 1.165) is 45.3 Å². The quantitative estimate of drug-likeness (QED) is 0.130. The molecule has 0 saturated heterocycles. The van der Waals surface area contributed by atoms with E-state index in [1.807, 2.05) is 27.7 Å². The lowest BCUT2D eigenvalue weighted by molar-refractivity contribution is -0.149. The third kappa shape index (κ3) is 17.2. The molecular weight excluding hydrogens is 640 g/mol. The molecule has 2 N–H and O–H groups in total. The van der Waals surface area contributed by atoms with Gasteiger partial charge in [-0.1, -0.05) is 27.2 Å². The minimum Gasteiger partial charge on any atom is -0.478 e. The number of carboxylic acid groups (broad SMARTS) is 2. The van der Waals surface area contributed by atoms with Crippen molar-refractivity contribution in [1.82, 2.24) is 0 Å². The zero-order chi connectivity index (χ0) is 36.7. The molecule has 14 nitrogen and oxygen atoms in total. The van der Waals surface area contributed by atoms with E-state index in [4.69, 9.17) is 29.2 Å². The molecule has 0 fully saturated rings. The van der Waals surface area contributed by atoms with Crippen LogP contribution in [0.25, 0.3) is 0 Å². The van der Waals surface area contributed by atoms with E-state index in [9.17, 15) is 28.8 Å². The highest BCUT2D eigenvalue weighted by atomic mass is 32.2. The van der Waals surface area contributed by atoms with Crippen molar-refractivity contribution in [3.05, 3.63) is 34.4 Å². The summed E-state index contributed by atoms with van der Waals surface area (Å²) < 4.78 is 28.8. The molecule has 47 heavy (non-hydrogen) atoms. The summed E-state index contributed by atoms with van der Waals surface area (Å²) in [5, 5.41) is 18.0. The predicted octanol–water partition coefficient (Wildman–Crippen LogP) is 4.61. The van der Waals surface area contributed by atoms with Crippen LogP contribution in [-0.2, 0) is 38.0 Å². The molecule has 0 bridgehead atoms. The number of unbranched alkanes of at least 4 members (excludes halogenated alkanes) is 1. The zero-order valence-corrected chi connectivity index (χ0v) is 29.8. The van der Waals surface area contributed by atoms with Gasteiger partial charge in [0, 0.05) is 25.7 Å². The summed E-state index contributed by atoms with van der Waals surface area (Å²) >= 11 is 1.67. The smallest absolute Gasteiger partial charge is 0.338 e. The molecule has 0 aliphatic heterocycles. The van der Waals surface area contributed by atoms with E-state index in [1.54, 1.807) is 26.0 Å². The number of methoxy groups -OCH3 is 5. The Hall–Kier alpha value is -3.69. The molecule has 0 radical (unpaired) electrons. The maximum Gasteiger partial charge on any atom is 0.338 e. The van der Waals surface area contributed by atoms with Gasteiger partial charge in [-0.2, -0.15) is 11.8 Å². The van der Waals surface area contributed by atoms with Crippen molar-refractivity contribution < 1.29 is 67.4 Å². The normalized spacial score (nSPS) is 11.7. The molecule has 2 atom stereocenters. The third-order valence-electron chi connectivity index (χ3n) is 6.38. The number of ether oxygens (including phenoxy) is 6. The fourth-order valence-electron chi connectivity index (χ4n) is 3.29. The number of rotatable bonds is 17. The van der Waals surface area contributed by atoms with E-state index < -0.39 is 51.5 Å². The van der Waals surface area contributed by atoms with Gasteiger partial charge in [-0.25, -0.2) is 19.2 Å². The molecule has 0 spiro atoms. The molecule has 0 aliphatic rings. The lowest BCUT2D eigenvalue weighted by atomic mass is 9.97. The lowest BCUT2D eigenvalue weighted by Gasteiger charge is -2.22. The largest absolute Gasteiger partial charge is 0.478 e. The van der Waals surface area contributed by atoms with Crippen LogP contribution in [-0.4, -0.2) is 112 Å². The van der Waals surface area contributed by atoms with Crippen molar-refractivity contribution in [2.75, 3.05) is 60.3 Å². The zero-order valence-electron chi connectivity index (χ0n) is 29.0. The standard InChI is InChI=1S/C12H10O8.C11H22O4S.C9H18O2/c1-19-11(17)7-4-8(12(18)20-2)6(10(15)16)3-5(7)9(13)14;1-11(2,10(12)15-5)8-16-7-9(14-4)6-13-3;1-4-6-7-11-9(10)8(3)5-2/h3-4H,1-2H3,(H,13,14)(H,15,16);9H,6-8H2,1-5H3;8H,4-7H2,1-3H3. The van der Waals surface area contributed by atoms with Gasteiger partial charge >= 0.3 is 35.8 Å². The van der Waals surface area contributed by atoms with Gasteiger partial charge in [0.15, 0.2) is 0 Å². The Morgan fingerprint density at radius 1 is 0.809 bits per heavy atom. The van der Waals surface area contributed by atoms with E-state index in [2.05, 4.69) is 16.4 Å². The van der Waals surface area contributed by atoms with Crippen molar-refractivity contribution >= 4 is 47.6 Å². The van der Waals surface area contributed by atoms with Crippen LogP contribution >= 0.6 is 11.8 Å². The van der Waals surface area contributed by atoms with E-state index in [-0.39, 0.29) is 24.0 Å². The molecular formula is C32H50O14S. The average Bonchev–Trinajstić information content (AvgIpc) is 3.05. The van der Waals surface area contributed by atoms with E-state index in [1.165, 1.54) is 7.11 Å². The summed E-state index contributed by atoms with van der Waals surface area (Å²) in [7, 11) is 6.77. The summed E-state index contributed by atoms with van der Waals surface area (Å²) in [5.41, 5.74) is -2.50. The molecule has 1 rings (SSSR count). The van der Waals surface area contributed by atoms with Crippen molar-refractivity contribution in [1.29, 1.82) is 0 Å². The van der Waals surface area contributed by atoms with Gasteiger partial charge in [0.25, 0.3) is 0 Å². The van der Waals surface area contributed by atoms with Gasteiger partial charge in [-0.05, 0) is 38.8 Å². The van der Waals surface area contributed by atoms with Crippen LogP contribution < -0.4 is 0 Å². The summed E-state index contributed by atoms with van der Waals surface area (Å²) in [6.45, 7) is 10.9. The molecule has 0 amide bonds. The Kier molecular flexibility index (Phi) is 23.7. The lowest BCUT2D eigenvalue weighted by Crippen LogP contribution is -2.29. The first kappa shape index (κ1) is 45.4. The van der Waals surface area contributed by atoms with Crippen LogP contribution in [0.15, 0.2) is 12.1 Å². The van der Waals surface area contributed by atoms with Crippen molar-refractivity contribution in [2.24, 2.45) is 11.3 Å². The Bertz CT molecular complexity index is 1120. The number of aromatic carboxylic acids is 2. The topological polar surface area (TPSA) is 198 Å². The molecule has 1 aromatic carbocycles. The number of hydrogen-bond acceptors (Lipinski definition) is 13. The highest BCUT2D eigenvalue weighted by Crippen LogP contribution is 2.24. The van der Waals surface area contributed by atoms with E-state index in [0.29, 0.717) is 25.0 Å². The molecule has 2 unspecified atom stereocenters. The Labute approximate surface area is 280 Å². The molecule has 1 aromatic rings. The highest BCUT2D eigenvalue weighted by Gasteiger charge is 2.29. The number of thioether (sulfide) groups is 1. The highest BCUT2D eigenvalue weighted by molar-refractivity contribution is 7.99. The second-order valence-electron chi connectivity index (χ2n) is 10.6. The SMILES string of the molecule is CCCCOC(=O)C(C)CC.COC(=O)c1cc(C(=O)OC)c(C(=O)O)cc1C(=O)O.COCC(CSCC(C)(C)C(=O)OC)OC. The summed E-state index contributed by atoms with van der Waals surface area (Å²) in [6, 6.07) is 1.54. The fourth-order valence-corrected chi connectivity index (χ4v) is 4.53. The van der Waals surface area contributed by atoms with Crippen LogP contribution in [0.5, 0.6) is 0 Å². The van der Waals surface area contributed by atoms with Gasteiger partial charge in [0.2, 0.25) is 0 Å². The van der Waals surface area contributed by atoms with Crippen LogP contribution in [0, 0.1) is 11.3 Å². The minimum absolute atomic E-state index is 0.0547. The van der Waals surface area contributed by atoms with Gasteiger partial charge < -0.3 is 38.6 Å². The van der Waals surface area contributed by atoms with Gasteiger partial charge in [-0.3, -0.25) is 9.59 Å². The number of carbonyl (C=O) groups excluding carboxylic acids is 4. The van der Waals surface area contributed by atoms with Gasteiger partial charge in [-0.15, -0.1) is 0 Å². The first-order valence-electron chi connectivity index (χ1n) is 14.7. The van der Waals surface area contributed by atoms with Gasteiger partial charge in [0.05, 0.1) is 74.2 Å². The summed E-state index contributed by atoms with van der Waals surface area (Å²) in [5.74, 6) is -3.72. The minimum atomic E-state index is -1.52. The van der Waals surface area contributed by atoms with Crippen LogP contribution in [0.2, 0.25) is 0 Å². The third-order valence-corrected chi connectivity index (χ3v) is 7.91. The van der Waals surface area contributed by atoms with E-state index >= 15 is 0 Å². The number of benzene rings is 1. The fraction of sp³-hybridized carbons (Fsp3) is 0.625. The van der Waals surface area contributed by atoms with Crippen LogP contribution in [0.4, 0.5) is 0 Å². The van der Waals surface area contributed by atoms with Crippen molar-refractivity contribution in [2.45, 2.75) is 60.0 Å². The Morgan fingerprint density at radius 2 is 1.30 bits per heavy atom. The number of hydrogen-bond donors (Lipinski definition) is 2. The Balaban J connectivity index is 0. The molecule has 0 saturated carbocycles. The van der Waals surface area contributed by atoms with Gasteiger partial charge in [0.1, 0.15) is 0 Å². The number of carbonyl (C=O) groups is 6. The second-order valence-corrected chi connectivity index (χ2v) is 11.6.